The Hall–Kier alpha value is -1.72. The van der Waals surface area contributed by atoms with Gasteiger partial charge in [-0.3, -0.25) is 14.5 Å². The van der Waals surface area contributed by atoms with Gasteiger partial charge in [-0.25, -0.2) is 0 Å². The van der Waals surface area contributed by atoms with Crippen LogP contribution in [0.3, 0.4) is 0 Å². The zero-order chi connectivity index (χ0) is 20.8. The molecule has 0 bridgehead atoms. The summed E-state index contributed by atoms with van der Waals surface area (Å²) in [5.41, 5.74) is -1.25. The number of benzene rings is 1. The lowest BCUT2D eigenvalue weighted by molar-refractivity contribution is -0.253. The molecule has 1 fully saturated rings. The Morgan fingerprint density at radius 2 is 1.29 bits per heavy atom. The predicted molar refractivity (Wildman–Crippen MR) is 111 cm³/mol. The van der Waals surface area contributed by atoms with Crippen molar-refractivity contribution in [2.24, 2.45) is 0 Å². The van der Waals surface area contributed by atoms with Crippen molar-refractivity contribution in [2.45, 2.75) is 96.7 Å². The van der Waals surface area contributed by atoms with Gasteiger partial charge in [-0.1, -0.05) is 82.7 Å². The van der Waals surface area contributed by atoms with Crippen LogP contribution in [-0.2, 0) is 16.1 Å². The van der Waals surface area contributed by atoms with Gasteiger partial charge >= 0.3 is 0 Å². The lowest BCUT2D eigenvalue weighted by atomic mass is 9.80. The topological polar surface area (TPSA) is 60.9 Å². The van der Waals surface area contributed by atoms with E-state index >= 15 is 0 Å². The summed E-state index contributed by atoms with van der Waals surface area (Å²) in [5, 5.41) is 12.2. The SMILES string of the molecule is CCCCCC1(C)C(=O)N(Cc2ccccc2)C(=O)C(C)(CCCCC)N1O. The molecular weight excluding hydrogens is 352 g/mol. The predicted octanol–water partition coefficient (Wildman–Crippen LogP) is 4.92. The standard InChI is InChI=1S/C23H36N2O3/c1-5-7-12-16-22(3)20(26)24(18-19-14-10-9-11-15-19)21(27)23(4,25(22)28)17-13-8-6-2/h9-11,14-15,28H,5-8,12-13,16-18H2,1-4H3. The lowest BCUT2D eigenvalue weighted by Crippen LogP contribution is -2.74. The molecule has 1 aliphatic heterocycles. The number of hydrogen-bond acceptors (Lipinski definition) is 4. The van der Waals surface area contributed by atoms with Crippen LogP contribution in [0.25, 0.3) is 0 Å². The van der Waals surface area contributed by atoms with E-state index in [1.165, 1.54) is 4.90 Å². The van der Waals surface area contributed by atoms with Gasteiger partial charge in [-0.2, -0.15) is 5.06 Å². The van der Waals surface area contributed by atoms with E-state index < -0.39 is 11.1 Å². The van der Waals surface area contributed by atoms with Crippen LogP contribution in [0.15, 0.2) is 30.3 Å². The fraction of sp³-hybridized carbons (Fsp3) is 0.652. The molecule has 2 rings (SSSR count). The van der Waals surface area contributed by atoms with Gasteiger partial charge in [0.05, 0.1) is 6.54 Å². The van der Waals surface area contributed by atoms with E-state index in [9.17, 15) is 14.8 Å². The van der Waals surface area contributed by atoms with Crippen LogP contribution >= 0.6 is 0 Å². The van der Waals surface area contributed by atoms with E-state index in [1.807, 2.05) is 30.3 Å². The molecule has 0 saturated carbocycles. The highest BCUT2D eigenvalue weighted by molar-refractivity contribution is 6.06. The molecule has 5 heteroatoms. The summed E-state index contributed by atoms with van der Waals surface area (Å²) in [5.74, 6) is -0.596. The summed E-state index contributed by atoms with van der Waals surface area (Å²) in [6, 6.07) is 9.59. The molecular formula is C23H36N2O3. The van der Waals surface area contributed by atoms with E-state index in [0.29, 0.717) is 12.8 Å². The van der Waals surface area contributed by atoms with Crippen molar-refractivity contribution < 1.29 is 14.8 Å². The Labute approximate surface area is 169 Å². The van der Waals surface area contributed by atoms with Gasteiger partial charge in [0.2, 0.25) is 0 Å². The van der Waals surface area contributed by atoms with Crippen LogP contribution in [0.2, 0.25) is 0 Å². The van der Waals surface area contributed by atoms with Crippen LogP contribution in [-0.4, -0.2) is 38.1 Å². The molecule has 1 aliphatic rings. The summed E-state index contributed by atoms with van der Waals surface area (Å²) in [6.07, 6.45) is 6.83. The molecule has 1 heterocycles. The maximum absolute atomic E-state index is 13.4. The molecule has 1 aromatic rings. The Balaban J connectivity index is 2.37. The van der Waals surface area contributed by atoms with Crippen LogP contribution in [0, 0.1) is 0 Å². The molecule has 5 nitrogen and oxygen atoms in total. The summed E-state index contributed by atoms with van der Waals surface area (Å²) < 4.78 is 0. The average Bonchev–Trinajstić information content (AvgIpc) is 2.70. The number of piperazine rings is 1. The molecule has 28 heavy (non-hydrogen) atoms. The summed E-state index contributed by atoms with van der Waals surface area (Å²) >= 11 is 0. The van der Waals surface area contributed by atoms with Gasteiger partial charge in [0.15, 0.2) is 0 Å². The number of rotatable bonds is 10. The van der Waals surface area contributed by atoms with Crippen LogP contribution in [0.5, 0.6) is 0 Å². The van der Waals surface area contributed by atoms with Crippen LogP contribution in [0.4, 0.5) is 0 Å². The second kappa shape index (κ2) is 9.66. The summed E-state index contributed by atoms with van der Waals surface area (Å²) in [7, 11) is 0. The Morgan fingerprint density at radius 1 is 0.821 bits per heavy atom. The van der Waals surface area contributed by atoms with Crippen LogP contribution in [0.1, 0.15) is 84.6 Å². The molecule has 2 amide bonds. The van der Waals surface area contributed by atoms with Gasteiger partial charge in [-0.05, 0) is 32.3 Å². The first-order chi connectivity index (χ1) is 13.3. The minimum atomic E-state index is -1.08. The van der Waals surface area contributed by atoms with E-state index in [1.54, 1.807) is 13.8 Å². The number of hydrogen-bond donors (Lipinski definition) is 1. The van der Waals surface area contributed by atoms with E-state index in [2.05, 4.69) is 13.8 Å². The van der Waals surface area contributed by atoms with E-state index in [-0.39, 0.29) is 18.4 Å². The average molecular weight is 389 g/mol. The first-order valence-electron chi connectivity index (χ1n) is 10.7. The molecule has 1 saturated heterocycles. The second-order valence-electron chi connectivity index (χ2n) is 8.46. The third-order valence-electron chi connectivity index (χ3n) is 6.06. The van der Waals surface area contributed by atoms with Crippen LogP contribution < -0.4 is 0 Å². The third-order valence-corrected chi connectivity index (χ3v) is 6.06. The van der Waals surface area contributed by atoms with Crippen molar-refractivity contribution in [3.63, 3.8) is 0 Å². The van der Waals surface area contributed by atoms with Crippen molar-refractivity contribution in [1.29, 1.82) is 0 Å². The molecule has 0 radical (unpaired) electrons. The second-order valence-corrected chi connectivity index (χ2v) is 8.46. The molecule has 0 aromatic heterocycles. The summed E-state index contributed by atoms with van der Waals surface area (Å²) in [6.45, 7) is 8.05. The summed E-state index contributed by atoms with van der Waals surface area (Å²) in [4.78, 5) is 28.2. The maximum Gasteiger partial charge on any atom is 0.252 e. The molecule has 2 atom stereocenters. The van der Waals surface area contributed by atoms with E-state index in [0.717, 1.165) is 49.2 Å². The van der Waals surface area contributed by atoms with E-state index in [4.69, 9.17) is 0 Å². The Morgan fingerprint density at radius 3 is 1.71 bits per heavy atom. The van der Waals surface area contributed by atoms with Gasteiger partial charge < -0.3 is 5.21 Å². The zero-order valence-corrected chi connectivity index (χ0v) is 17.9. The monoisotopic (exact) mass is 388 g/mol. The van der Waals surface area contributed by atoms with Crippen molar-refractivity contribution >= 4 is 11.8 Å². The lowest BCUT2D eigenvalue weighted by Gasteiger charge is -2.53. The number of nitrogens with zero attached hydrogens (tertiary/aromatic N) is 2. The zero-order valence-electron chi connectivity index (χ0n) is 17.9. The van der Waals surface area contributed by atoms with Gasteiger partial charge in [0, 0.05) is 0 Å². The molecule has 0 spiro atoms. The molecule has 1 aromatic carbocycles. The fourth-order valence-electron chi connectivity index (χ4n) is 4.17. The number of imide groups is 1. The maximum atomic E-state index is 13.4. The van der Waals surface area contributed by atoms with Crippen molar-refractivity contribution in [2.75, 3.05) is 0 Å². The largest absolute Gasteiger partial charge is 0.312 e. The number of amides is 2. The first-order valence-corrected chi connectivity index (χ1v) is 10.7. The number of unbranched alkanes of at least 4 members (excludes halogenated alkanes) is 4. The Kier molecular flexibility index (Phi) is 7.79. The number of carbonyl (C=O) groups excluding carboxylic acids is 2. The molecule has 2 unspecified atom stereocenters. The van der Waals surface area contributed by atoms with Crippen molar-refractivity contribution in [3.8, 4) is 0 Å². The highest BCUT2D eigenvalue weighted by Gasteiger charge is 2.59. The van der Waals surface area contributed by atoms with Crippen molar-refractivity contribution in [1.82, 2.24) is 9.96 Å². The van der Waals surface area contributed by atoms with Gasteiger partial charge in [-0.15, -0.1) is 0 Å². The first kappa shape index (κ1) is 22.6. The smallest absolute Gasteiger partial charge is 0.252 e. The van der Waals surface area contributed by atoms with Crippen molar-refractivity contribution in [3.05, 3.63) is 35.9 Å². The minimum Gasteiger partial charge on any atom is -0.312 e. The third kappa shape index (κ3) is 4.47. The molecule has 0 aliphatic carbocycles. The number of carbonyl (C=O) groups is 2. The quantitative estimate of drug-likeness (QED) is 0.456. The van der Waals surface area contributed by atoms with Gasteiger partial charge in [0.1, 0.15) is 11.1 Å². The molecule has 1 N–H and O–H groups in total. The normalized spacial score (nSPS) is 26.1. The minimum absolute atomic E-state index is 0.249. The van der Waals surface area contributed by atoms with Gasteiger partial charge in [0.25, 0.3) is 11.8 Å². The highest BCUT2D eigenvalue weighted by Crippen LogP contribution is 2.39. The Bertz CT molecular complexity index is 627. The fourth-order valence-corrected chi connectivity index (χ4v) is 4.17. The highest BCUT2D eigenvalue weighted by atomic mass is 16.5. The molecule has 156 valence electrons. The number of hydroxylamine groups is 2.